The summed E-state index contributed by atoms with van der Waals surface area (Å²) in [5.74, 6) is 0.789. The average molecular weight is 483 g/mol. The summed E-state index contributed by atoms with van der Waals surface area (Å²) in [7, 11) is 0. The van der Waals surface area contributed by atoms with Crippen molar-refractivity contribution in [1.82, 2.24) is 20.6 Å². The van der Waals surface area contributed by atoms with Gasteiger partial charge in [-0.1, -0.05) is 42.0 Å². The van der Waals surface area contributed by atoms with Crippen LogP contribution in [0.5, 0.6) is 5.75 Å². The van der Waals surface area contributed by atoms with Crippen molar-refractivity contribution < 1.29 is 14.3 Å². The second-order valence-electron chi connectivity index (χ2n) is 8.82. The smallest absolute Gasteiger partial charge is 0.267 e. The van der Waals surface area contributed by atoms with Gasteiger partial charge in [0.1, 0.15) is 17.3 Å². The lowest BCUT2D eigenvalue weighted by atomic mass is 10.1. The first-order valence-corrected chi connectivity index (χ1v) is 12.0. The summed E-state index contributed by atoms with van der Waals surface area (Å²) in [6.07, 6.45) is 2.25. The van der Waals surface area contributed by atoms with Crippen LogP contribution in [0.1, 0.15) is 41.2 Å². The lowest BCUT2D eigenvalue weighted by Gasteiger charge is -2.12. The molecule has 2 amide bonds. The summed E-state index contributed by atoms with van der Waals surface area (Å²) in [6.45, 7) is 6.23. The van der Waals surface area contributed by atoms with Gasteiger partial charge in [0.15, 0.2) is 0 Å². The summed E-state index contributed by atoms with van der Waals surface area (Å²) in [5, 5.41) is 5.67. The van der Waals surface area contributed by atoms with Gasteiger partial charge in [-0.25, -0.2) is 4.98 Å². The van der Waals surface area contributed by atoms with Crippen molar-refractivity contribution in [2.24, 2.45) is 0 Å². The number of para-hydroxylation sites is 2. The number of benzene rings is 3. The molecule has 3 N–H and O–H groups in total. The van der Waals surface area contributed by atoms with Crippen molar-refractivity contribution in [3.63, 3.8) is 0 Å². The van der Waals surface area contributed by atoms with Gasteiger partial charge in [0.2, 0.25) is 0 Å². The van der Waals surface area contributed by atoms with Gasteiger partial charge in [-0.3, -0.25) is 9.59 Å². The molecule has 4 aromatic rings. The van der Waals surface area contributed by atoms with E-state index in [0.717, 1.165) is 33.7 Å². The SMILES string of the molecule is Cc1ccc(C(=O)N/C(=C\c2ccc(OC(C)C)cc2)C(=O)NCCc2nc3ccccc3[nH]2)cc1. The Kier molecular flexibility index (Phi) is 7.80. The van der Waals surface area contributed by atoms with Crippen LogP contribution in [0, 0.1) is 6.92 Å². The van der Waals surface area contributed by atoms with E-state index >= 15 is 0 Å². The van der Waals surface area contributed by atoms with Gasteiger partial charge in [-0.05, 0) is 68.8 Å². The largest absolute Gasteiger partial charge is 0.491 e. The lowest BCUT2D eigenvalue weighted by molar-refractivity contribution is -0.117. The van der Waals surface area contributed by atoms with Gasteiger partial charge in [0.25, 0.3) is 11.8 Å². The number of hydrogen-bond acceptors (Lipinski definition) is 4. The number of fused-ring (bicyclic) bond motifs is 1. The molecule has 0 saturated heterocycles. The van der Waals surface area contributed by atoms with Crippen LogP contribution in [0.15, 0.2) is 78.5 Å². The molecule has 4 rings (SSSR count). The Morgan fingerprint density at radius 1 is 1.00 bits per heavy atom. The fourth-order valence-corrected chi connectivity index (χ4v) is 3.65. The fraction of sp³-hybridized carbons (Fsp3) is 0.207. The number of aromatic nitrogens is 2. The third kappa shape index (κ3) is 6.60. The van der Waals surface area contributed by atoms with E-state index in [1.165, 1.54) is 0 Å². The van der Waals surface area contributed by atoms with E-state index in [1.807, 2.05) is 81.4 Å². The third-order valence-electron chi connectivity index (χ3n) is 5.46. The maximum absolute atomic E-state index is 13.1. The summed E-state index contributed by atoms with van der Waals surface area (Å²) >= 11 is 0. The molecular weight excluding hydrogens is 452 g/mol. The molecule has 3 aromatic carbocycles. The number of imidazole rings is 1. The molecule has 0 atom stereocenters. The van der Waals surface area contributed by atoms with Crippen molar-refractivity contribution in [2.75, 3.05) is 6.54 Å². The average Bonchev–Trinajstić information content (AvgIpc) is 3.27. The van der Waals surface area contributed by atoms with E-state index in [1.54, 1.807) is 18.2 Å². The fourth-order valence-electron chi connectivity index (χ4n) is 3.65. The zero-order chi connectivity index (χ0) is 25.5. The number of aryl methyl sites for hydroxylation is 1. The number of nitrogens with zero attached hydrogens (tertiary/aromatic N) is 1. The van der Waals surface area contributed by atoms with Crippen molar-refractivity contribution >= 4 is 28.9 Å². The number of nitrogens with one attached hydrogen (secondary N) is 3. The number of carbonyl (C=O) groups excluding carboxylic acids is 2. The molecule has 7 heteroatoms. The van der Waals surface area contributed by atoms with E-state index in [2.05, 4.69) is 20.6 Å². The number of H-pyrrole nitrogens is 1. The van der Waals surface area contributed by atoms with Crippen LogP contribution in [0.4, 0.5) is 0 Å². The first-order valence-electron chi connectivity index (χ1n) is 12.0. The highest BCUT2D eigenvalue weighted by molar-refractivity contribution is 6.05. The van der Waals surface area contributed by atoms with E-state index in [4.69, 9.17) is 4.74 Å². The van der Waals surface area contributed by atoms with Gasteiger partial charge in [-0.2, -0.15) is 0 Å². The van der Waals surface area contributed by atoms with Crippen LogP contribution in [-0.2, 0) is 11.2 Å². The number of hydrogen-bond donors (Lipinski definition) is 3. The second kappa shape index (κ2) is 11.4. The first-order chi connectivity index (χ1) is 17.4. The van der Waals surface area contributed by atoms with Crippen LogP contribution in [0.25, 0.3) is 17.1 Å². The molecule has 0 radical (unpaired) electrons. The second-order valence-corrected chi connectivity index (χ2v) is 8.82. The summed E-state index contributed by atoms with van der Waals surface area (Å²) < 4.78 is 5.69. The molecule has 0 aliphatic carbocycles. The van der Waals surface area contributed by atoms with Crippen LogP contribution < -0.4 is 15.4 Å². The van der Waals surface area contributed by atoms with E-state index in [9.17, 15) is 9.59 Å². The van der Waals surface area contributed by atoms with Gasteiger partial charge in [0, 0.05) is 18.5 Å². The van der Waals surface area contributed by atoms with Crippen LogP contribution in [0.2, 0.25) is 0 Å². The van der Waals surface area contributed by atoms with Gasteiger partial charge in [0.05, 0.1) is 17.1 Å². The molecule has 0 saturated carbocycles. The predicted molar refractivity (Wildman–Crippen MR) is 142 cm³/mol. The van der Waals surface area contributed by atoms with Crippen molar-refractivity contribution in [2.45, 2.75) is 33.3 Å². The Morgan fingerprint density at radius 2 is 1.72 bits per heavy atom. The molecule has 0 aliphatic rings. The van der Waals surface area contributed by atoms with E-state index < -0.39 is 0 Å². The molecule has 0 aliphatic heterocycles. The standard InChI is InChI=1S/C29H30N4O3/c1-19(2)36-23-14-10-21(11-15-23)18-26(33-28(34)22-12-8-20(3)9-13-22)29(35)30-17-16-27-31-24-6-4-5-7-25(24)32-27/h4-15,18-19H,16-17H2,1-3H3,(H,30,35)(H,31,32)(H,33,34)/b26-18-. The Bertz CT molecular complexity index is 1340. The Morgan fingerprint density at radius 3 is 2.42 bits per heavy atom. The highest BCUT2D eigenvalue weighted by Gasteiger charge is 2.15. The minimum Gasteiger partial charge on any atom is -0.491 e. The Balaban J connectivity index is 1.48. The molecule has 0 fully saturated rings. The summed E-state index contributed by atoms with van der Waals surface area (Å²) in [6, 6.07) is 22.3. The molecule has 1 heterocycles. The number of ether oxygens (including phenoxy) is 1. The molecule has 7 nitrogen and oxygen atoms in total. The zero-order valence-corrected chi connectivity index (χ0v) is 20.7. The van der Waals surface area contributed by atoms with Crippen LogP contribution in [-0.4, -0.2) is 34.4 Å². The normalized spacial score (nSPS) is 11.5. The molecule has 184 valence electrons. The number of amides is 2. The highest BCUT2D eigenvalue weighted by Crippen LogP contribution is 2.16. The minimum absolute atomic E-state index is 0.0632. The van der Waals surface area contributed by atoms with Crippen LogP contribution in [0.3, 0.4) is 0 Å². The quantitative estimate of drug-likeness (QED) is 0.299. The van der Waals surface area contributed by atoms with E-state index in [-0.39, 0.29) is 23.6 Å². The number of rotatable bonds is 9. The van der Waals surface area contributed by atoms with Gasteiger partial charge >= 0.3 is 0 Å². The Labute approximate surface area is 210 Å². The van der Waals surface area contributed by atoms with Crippen LogP contribution >= 0.6 is 0 Å². The predicted octanol–water partition coefficient (Wildman–Crippen LogP) is 4.79. The Hall–Kier alpha value is -4.39. The van der Waals surface area contributed by atoms with Crippen molar-refractivity contribution in [3.8, 4) is 5.75 Å². The third-order valence-corrected chi connectivity index (χ3v) is 5.46. The molecule has 0 unspecified atom stereocenters. The summed E-state index contributed by atoms with van der Waals surface area (Å²) in [4.78, 5) is 33.8. The van der Waals surface area contributed by atoms with Crippen molar-refractivity contribution in [3.05, 3.63) is 101 Å². The topological polar surface area (TPSA) is 96.1 Å². The minimum atomic E-state index is -0.380. The van der Waals surface area contributed by atoms with Crippen molar-refractivity contribution in [1.29, 1.82) is 0 Å². The summed E-state index contributed by atoms with van der Waals surface area (Å²) in [5.41, 5.74) is 4.28. The molecule has 36 heavy (non-hydrogen) atoms. The van der Waals surface area contributed by atoms with Gasteiger partial charge < -0.3 is 20.4 Å². The molecule has 0 spiro atoms. The lowest BCUT2D eigenvalue weighted by Crippen LogP contribution is -2.35. The number of carbonyl (C=O) groups is 2. The molecular formula is C29H30N4O3. The van der Waals surface area contributed by atoms with Gasteiger partial charge in [-0.15, -0.1) is 0 Å². The zero-order valence-electron chi connectivity index (χ0n) is 20.7. The monoisotopic (exact) mass is 482 g/mol. The van der Waals surface area contributed by atoms with E-state index in [0.29, 0.717) is 18.5 Å². The maximum atomic E-state index is 13.1. The maximum Gasteiger partial charge on any atom is 0.267 e. The highest BCUT2D eigenvalue weighted by atomic mass is 16.5. The first kappa shape index (κ1) is 24.7. The number of aromatic amines is 1. The molecule has 1 aromatic heterocycles. The molecule has 0 bridgehead atoms.